The Morgan fingerprint density at radius 1 is 0.944 bits per heavy atom. The van der Waals surface area contributed by atoms with Crippen LogP contribution in [0.4, 0.5) is 0 Å². The molecule has 0 rings (SSSR count). The molecular weight excluding hydrogens is 216 g/mol. The summed E-state index contributed by atoms with van der Waals surface area (Å²) in [6.45, 7) is 14.5. The Kier molecular flexibility index (Phi) is 9.73. The van der Waals surface area contributed by atoms with Crippen molar-refractivity contribution in [2.45, 2.75) is 72.1 Å². The second-order valence-corrected chi connectivity index (χ2v) is 5.86. The molecule has 0 aromatic heterocycles. The van der Waals surface area contributed by atoms with E-state index < -0.39 is 0 Å². The zero-order valence-electron chi connectivity index (χ0n) is 12.8. The highest BCUT2D eigenvalue weighted by Gasteiger charge is 2.12. The lowest BCUT2D eigenvalue weighted by Gasteiger charge is -2.20. The van der Waals surface area contributed by atoms with Crippen LogP contribution in [0.5, 0.6) is 0 Å². The van der Waals surface area contributed by atoms with Crippen molar-refractivity contribution in [1.29, 1.82) is 0 Å². The Balaban J connectivity index is 4.31. The molecule has 0 heteroatoms. The van der Waals surface area contributed by atoms with Crippen molar-refractivity contribution in [3.05, 3.63) is 37.0 Å². The summed E-state index contributed by atoms with van der Waals surface area (Å²) in [4.78, 5) is 0. The van der Waals surface area contributed by atoms with E-state index >= 15 is 0 Å². The minimum Gasteiger partial charge on any atom is -0.103 e. The van der Waals surface area contributed by atoms with Gasteiger partial charge in [-0.15, -0.1) is 13.2 Å². The largest absolute Gasteiger partial charge is 0.103 e. The first-order chi connectivity index (χ1) is 8.55. The zero-order valence-corrected chi connectivity index (χ0v) is 12.8. The van der Waals surface area contributed by atoms with Gasteiger partial charge in [0.2, 0.25) is 0 Å². The van der Waals surface area contributed by atoms with Crippen molar-refractivity contribution in [1.82, 2.24) is 0 Å². The maximum absolute atomic E-state index is 3.80. The van der Waals surface area contributed by atoms with Gasteiger partial charge in [-0.1, -0.05) is 44.6 Å². The molecule has 0 unspecified atom stereocenters. The SMILES string of the molecule is C=CCCCCC(=CC(C)(C)CC)CCCC=C. The molecular formula is C18H32. The molecule has 0 nitrogen and oxygen atoms in total. The summed E-state index contributed by atoms with van der Waals surface area (Å²) in [6, 6.07) is 0. The summed E-state index contributed by atoms with van der Waals surface area (Å²) in [7, 11) is 0. The molecule has 0 saturated heterocycles. The predicted octanol–water partition coefficient (Wildman–Crippen LogP) is 6.45. The van der Waals surface area contributed by atoms with Gasteiger partial charge in [-0.3, -0.25) is 0 Å². The molecule has 0 aliphatic carbocycles. The van der Waals surface area contributed by atoms with Crippen LogP contribution in [0.3, 0.4) is 0 Å². The van der Waals surface area contributed by atoms with Crippen molar-refractivity contribution in [3.63, 3.8) is 0 Å². The Morgan fingerprint density at radius 2 is 1.50 bits per heavy atom. The molecule has 0 aliphatic heterocycles. The summed E-state index contributed by atoms with van der Waals surface area (Å²) in [5.41, 5.74) is 2.00. The van der Waals surface area contributed by atoms with Crippen LogP contribution in [0.25, 0.3) is 0 Å². The molecule has 104 valence electrons. The van der Waals surface area contributed by atoms with Crippen LogP contribution in [0.15, 0.2) is 37.0 Å². The third-order valence-electron chi connectivity index (χ3n) is 3.57. The highest BCUT2D eigenvalue weighted by atomic mass is 14.2. The molecule has 0 aliphatic rings. The average Bonchev–Trinajstić information content (AvgIpc) is 2.34. The standard InChI is InChI=1S/C18H32/c1-6-9-11-13-15-17(14-12-10-7-2)16-18(4,5)8-3/h6-7,16H,1-2,8-15H2,3-5H3. The van der Waals surface area contributed by atoms with Gasteiger partial charge in [-0.2, -0.15) is 0 Å². The van der Waals surface area contributed by atoms with E-state index in [0.717, 1.165) is 12.8 Å². The molecule has 0 bridgehead atoms. The number of hydrogen-bond acceptors (Lipinski definition) is 0. The quantitative estimate of drug-likeness (QED) is 0.291. The van der Waals surface area contributed by atoms with E-state index in [9.17, 15) is 0 Å². The highest BCUT2D eigenvalue weighted by molar-refractivity contribution is 5.08. The van der Waals surface area contributed by atoms with Crippen molar-refractivity contribution in [3.8, 4) is 0 Å². The summed E-state index contributed by atoms with van der Waals surface area (Å²) in [6.07, 6.45) is 16.4. The number of unbranched alkanes of at least 4 members (excludes halogenated alkanes) is 3. The number of allylic oxidation sites excluding steroid dienone is 4. The molecule has 18 heavy (non-hydrogen) atoms. The smallest absolute Gasteiger partial charge is 0.0175 e. The monoisotopic (exact) mass is 248 g/mol. The second-order valence-electron chi connectivity index (χ2n) is 5.86. The Morgan fingerprint density at radius 3 is 2.06 bits per heavy atom. The van der Waals surface area contributed by atoms with E-state index in [2.05, 4.69) is 40.0 Å². The normalized spacial score (nSPS) is 12.5. The second kappa shape index (κ2) is 10.2. The lowest BCUT2D eigenvalue weighted by Crippen LogP contribution is -2.06. The minimum absolute atomic E-state index is 0.349. The number of rotatable bonds is 11. The third kappa shape index (κ3) is 9.27. The highest BCUT2D eigenvalue weighted by Crippen LogP contribution is 2.27. The Bertz CT molecular complexity index is 255. The van der Waals surface area contributed by atoms with E-state index in [1.165, 1.54) is 38.5 Å². The van der Waals surface area contributed by atoms with Gasteiger partial charge in [0.05, 0.1) is 0 Å². The molecule has 0 aromatic carbocycles. The summed E-state index contributed by atoms with van der Waals surface area (Å²) in [5.74, 6) is 0. The van der Waals surface area contributed by atoms with Crippen LogP contribution in [-0.2, 0) is 0 Å². The van der Waals surface area contributed by atoms with Crippen molar-refractivity contribution >= 4 is 0 Å². The molecule has 0 radical (unpaired) electrons. The topological polar surface area (TPSA) is 0 Å². The fourth-order valence-electron chi connectivity index (χ4n) is 2.04. The van der Waals surface area contributed by atoms with Gasteiger partial charge in [0.1, 0.15) is 0 Å². The molecule has 0 heterocycles. The van der Waals surface area contributed by atoms with Crippen LogP contribution < -0.4 is 0 Å². The summed E-state index contributed by atoms with van der Waals surface area (Å²) in [5, 5.41) is 0. The van der Waals surface area contributed by atoms with E-state index in [1.54, 1.807) is 5.57 Å². The van der Waals surface area contributed by atoms with Crippen LogP contribution in [0.2, 0.25) is 0 Å². The van der Waals surface area contributed by atoms with E-state index in [4.69, 9.17) is 0 Å². The summed E-state index contributed by atoms with van der Waals surface area (Å²) < 4.78 is 0. The third-order valence-corrected chi connectivity index (χ3v) is 3.57. The predicted molar refractivity (Wildman–Crippen MR) is 84.9 cm³/mol. The van der Waals surface area contributed by atoms with Gasteiger partial charge in [0, 0.05) is 0 Å². The lowest BCUT2D eigenvalue weighted by molar-refractivity contribution is 0.454. The van der Waals surface area contributed by atoms with Crippen LogP contribution in [0, 0.1) is 5.41 Å². The Hall–Kier alpha value is -0.780. The van der Waals surface area contributed by atoms with Gasteiger partial charge >= 0.3 is 0 Å². The molecule has 0 saturated carbocycles. The van der Waals surface area contributed by atoms with Crippen LogP contribution in [0.1, 0.15) is 72.1 Å². The van der Waals surface area contributed by atoms with E-state index in [0.29, 0.717) is 5.41 Å². The molecule has 0 N–H and O–H groups in total. The Labute approximate surface area is 115 Å². The van der Waals surface area contributed by atoms with Crippen molar-refractivity contribution in [2.24, 2.45) is 5.41 Å². The first-order valence-electron chi connectivity index (χ1n) is 7.48. The van der Waals surface area contributed by atoms with Gasteiger partial charge in [-0.05, 0) is 56.8 Å². The molecule has 0 amide bonds. The maximum atomic E-state index is 3.80. The van der Waals surface area contributed by atoms with E-state index in [-0.39, 0.29) is 0 Å². The van der Waals surface area contributed by atoms with Crippen molar-refractivity contribution in [2.75, 3.05) is 0 Å². The molecule has 0 spiro atoms. The zero-order chi connectivity index (χ0) is 13.9. The number of hydrogen-bond donors (Lipinski definition) is 0. The van der Waals surface area contributed by atoms with Gasteiger partial charge in [0.25, 0.3) is 0 Å². The van der Waals surface area contributed by atoms with E-state index in [1.807, 2.05) is 12.2 Å². The van der Waals surface area contributed by atoms with Gasteiger partial charge < -0.3 is 0 Å². The fraction of sp³-hybridized carbons (Fsp3) is 0.667. The lowest BCUT2D eigenvalue weighted by atomic mass is 9.85. The molecule has 0 fully saturated rings. The van der Waals surface area contributed by atoms with Crippen LogP contribution >= 0.6 is 0 Å². The molecule has 0 atom stereocenters. The van der Waals surface area contributed by atoms with Gasteiger partial charge in [0.15, 0.2) is 0 Å². The average molecular weight is 248 g/mol. The first-order valence-corrected chi connectivity index (χ1v) is 7.48. The molecule has 0 aromatic rings. The summed E-state index contributed by atoms with van der Waals surface area (Å²) >= 11 is 0. The van der Waals surface area contributed by atoms with Gasteiger partial charge in [-0.25, -0.2) is 0 Å². The maximum Gasteiger partial charge on any atom is -0.0175 e. The first kappa shape index (κ1) is 17.2. The minimum atomic E-state index is 0.349. The van der Waals surface area contributed by atoms with Crippen molar-refractivity contribution < 1.29 is 0 Å². The van der Waals surface area contributed by atoms with Crippen LogP contribution in [-0.4, -0.2) is 0 Å². The fourth-order valence-corrected chi connectivity index (χ4v) is 2.04.